The summed E-state index contributed by atoms with van der Waals surface area (Å²) >= 11 is 5.35. The van der Waals surface area contributed by atoms with Crippen LogP contribution in [0.25, 0.3) is 0 Å². The summed E-state index contributed by atoms with van der Waals surface area (Å²) in [5.74, 6) is 0.0725. The standard InChI is InChI=1S/C12H16ClNO4S/c1-12(2,3)14-19(16,17)10-6-5-8(11(13)15)7-9(10)18-4/h5-7,14H,1-4H3. The minimum atomic E-state index is -3.73. The molecular weight excluding hydrogens is 290 g/mol. The van der Waals surface area contributed by atoms with Crippen LogP contribution in [0.3, 0.4) is 0 Å². The van der Waals surface area contributed by atoms with Crippen molar-refractivity contribution in [3.8, 4) is 5.75 Å². The number of sulfonamides is 1. The van der Waals surface area contributed by atoms with Crippen molar-refractivity contribution >= 4 is 26.9 Å². The minimum Gasteiger partial charge on any atom is -0.495 e. The van der Waals surface area contributed by atoms with E-state index in [9.17, 15) is 13.2 Å². The Hall–Kier alpha value is -1.11. The van der Waals surface area contributed by atoms with E-state index >= 15 is 0 Å². The van der Waals surface area contributed by atoms with Gasteiger partial charge in [0.1, 0.15) is 10.6 Å². The van der Waals surface area contributed by atoms with Gasteiger partial charge in [0, 0.05) is 11.1 Å². The molecule has 0 aliphatic heterocycles. The van der Waals surface area contributed by atoms with Crippen LogP contribution >= 0.6 is 11.6 Å². The van der Waals surface area contributed by atoms with Crippen LogP contribution in [-0.4, -0.2) is 26.3 Å². The van der Waals surface area contributed by atoms with Crippen LogP contribution in [0, 0.1) is 0 Å². The maximum absolute atomic E-state index is 12.2. The number of rotatable bonds is 4. The second-order valence-corrected chi connectivity index (χ2v) is 6.99. The second kappa shape index (κ2) is 5.48. The number of carbonyl (C=O) groups excluding carboxylic acids is 1. The summed E-state index contributed by atoms with van der Waals surface area (Å²) < 4.78 is 31.9. The molecule has 1 aromatic rings. The van der Waals surface area contributed by atoms with Gasteiger partial charge in [0.05, 0.1) is 7.11 Å². The molecule has 0 unspecified atom stereocenters. The first-order chi connectivity index (χ1) is 8.57. The fourth-order valence-electron chi connectivity index (χ4n) is 1.47. The molecule has 19 heavy (non-hydrogen) atoms. The van der Waals surface area contributed by atoms with Crippen LogP contribution in [0.15, 0.2) is 23.1 Å². The first kappa shape index (κ1) is 15.9. The lowest BCUT2D eigenvalue weighted by Crippen LogP contribution is -2.40. The van der Waals surface area contributed by atoms with Crippen LogP contribution < -0.4 is 9.46 Å². The predicted molar refractivity (Wildman–Crippen MR) is 73.3 cm³/mol. The third kappa shape index (κ3) is 4.19. The molecule has 5 nitrogen and oxygen atoms in total. The molecule has 106 valence electrons. The highest BCUT2D eigenvalue weighted by molar-refractivity contribution is 7.89. The number of hydrogen-bond donors (Lipinski definition) is 1. The van der Waals surface area contributed by atoms with Crippen LogP contribution in [0.2, 0.25) is 0 Å². The molecule has 1 N–H and O–H groups in total. The molecule has 0 saturated heterocycles. The molecule has 0 saturated carbocycles. The molecular formula is C12H16ClNO4S. The summed E-state index contributed by atoms with van der Waals surface area (Å²) in [6, 6.07) is 3.93. The number of halogens is 1. The van der Waals surface area contributed by atoms with Crippen molar-refractivity contribution in [2.24, 2.45) is 0 Å². The van der Waals surface area contributed by atoms with Gasteiger partial charge in [-0.1, -0.05) is 0 Å². The lowest BCUT2D eigenvalue weighted by atomic mass is 10.1. The highest BCUT2D eigenvalue weighted by atomic mass is 35.5. The molecule has 1 rings (SSSR count). The van der Waals surface area contributed by atoms with Crippen molar-refractivity contribution in [2.45, 2.75) is 31.2 Å². The van der Waals surface area contributed by atoms with E-state index in [1.54, 1.807) is 20.8 Å². The maximum Gasteiger partial charge on any atom is 0.252 e. The summed E-state index contributed by atoms with van der Waals surface area (Å²) in [6.07, 6.45) is 0. The van der Waals surface area contributed by atoms with E-state index in [0.29, 0.717) is 0 Å². The summed E-state index contributed by atoms with van der Waals surface area (Å²) in [5.41, 5.74) is -0.446. The van der Waals surface area contributed by atoms with Gasteiger partial charge in [0.2, 0.25) is 10.0 Å². The van der Waals surface area contributed by atoms with Gasteiger partial charge >= 0.3 is 0 Å². The van der Waals surface area contributed by atoms with Crippen molar-refractivity contribution in [3.63, 3.8) is 0 Å². The molecule has 0 radical (unpaired) electrons. The minimum absolute atomic E-state index is 0.0356. The van der Waals surface area contributed by atoms with Gasteiger partial charge in [0.25, 0.3) is 5.24 Å². The molecule has 0 aliphatic rings. The van der Waals surface area contributed by atoms with E-state index in [1.165, 1.54) is 25.3 Å². The van der Waals surface area contributed by atoms with Gasteiger partial charge in [0.15, 0.2) is 0 Å². The fraction of sp³-hybridized carbons (Fsp3) is 0.417. The van der Waals surface area contributed by atoms with E-state index < -0.39 is 20.8 Å². The van der Waals surface area contributed by atoms with Crippen molar-refractivity contribution in [1.29, 1.82) is 0 Å². The van der Waals surface area contributed by atoms with Crippen molar-refractivity contribution in [3.05, 3.63) is 23.8 Å². The van der Waals surface area contributed by atoms with Crippen molar-refractivity contribution in [2.75, 3.05) is 7.11 Å². The van der Waals surface area contributed by atoms with Gasteiger partial charge in [-0.25, -0.2) is 13.1 Å². The van der Waals surface area contributed by atoms with Gasteiger partial charge in [-0.15, -0.1) is 0 Å². The molecule has 0 spiro atoms. The third-order valence-corrected chi connectivity index (χ3v) is 4.14. The largest absolute Gasteiger partial charge is 0.495 e. The number of methoxy groups -OCH3 is 1. The smallest absolute Gasteiger partial charge is 0.252 e. The molecule has 0 bridgehead atoms. The number of nitrogens with one attached hydrogen (secondary N) is 1. The average molecular weight is 306 g/mol. The number of carbonyl (C=O) groups is 1. The Labute approximate surface area is 118 Å². The highest BCUT2D eigenvalue weighted by Gasteiger charge is 2.25. The van der Waals surface area contributed by atoms with Gasteiger partial charge < -0.3 is 4.74 Å². The Kier molecular flexibility index (Phi) is 4.60. The molecule has 0 heterocycles. The zero-order chi connectivity index (χ0) is 14.8. The van der Waals surface area contributed by atoms with Crippen LogP contribution in [0.4, 0.5) is 0 Å². The number of hydrogen-bond acceptors (Lipinski definition) is 4. The number of benzene rings is 1. The van der Waals surface area contributed by atoms with Gasteiger partial charge in [-0.2, -0.15) is 0 Å². The van der Waals surface area contributed by atoms with Crippen molar-refractivity contribution in [1.82, 2.24) is 4.72 Å². The summed E-state index contributed by atoms with van der Waals surface area (Å²) in [5, 5.41) is -0.675. The summed E-state index contributed by atoms with van der Waals surface area (Å²) in [6.45, 7) is 5.19. The lowest BCUT2D eigenvalue weighted by molar-refractivity contribution is 0.108. The Balaban J connectivity index is 3.31. The fourth-order valence-corrected chi connectivity index (χ4v) is 3.16. The summed E-state index contributed by atoms with van der Waals surface area (Å²) in [4.78, 5) is 11.0. The summed E-state index contributed by atoms with van der Waals surface area (Å²) in [7, 11) is -2.41. The normalized spacial score (nSPS) is 12.3. The average Bonchev–Trinajstić information content (AvgIpc) is 2.24. The van der Waals surface area contributed by atoms with Crippen molar-refractivity contribution < 1.29 is 17.9 Å². The predicted octanol–water partition coefficient (Wildman–Crippen LogP) is 2.15. The molecule has 0 aromatic heterocycles. The zero-order valence-electron chi connectivity index (χ0n) is 11.2. The highest BCUT2D eigenvalue weighted by Crippen LogP contribution is 2.26. The zero-order valence-corrected chi connectivity index (χ0v) is 12.7. The molecule has 0 fully saturated rings. The van der Waals surface area contributed by atoms with E-state index in [2.05, 4.69) is 4.72 Å². The Morgan fingerprint density at radius 1 is 1.32 bits per heavy atom. The van der Waals surface area contributed by atoms with Crippen LogP contribution in [0.1, 0.15) is 31.1 Å². The SMILES string of the molecule is COc1cc(C(=O)Cl)ccc1S(=O)(=O)NC(C)(C)C. The lowest BCUT2D eigenvalue weighted by Gasteiger charge is -2.21. The molecule has 0 atom stereocenters. The first-order valence-electron chi connectivity index (χ1n) is 5.49. The molecule has 0 amide bonds. The number of ether oxygens (including phenoxy) is 1. The Morgan fingerprint density at radius 2 is 1.89 bits per heavy atom. The molecule has 1 aromatic carbocycles. The van der Waals surface area contributed by atoms with E-state index in [0.717, 1.165) is 0 Å². The quantitative estimate of drug-likeness (QED) is 0.865. The maximum atomic E-state index is 12.2. The second-order valence-electron chi connectivity index (χ2n) is 4.99. The van der Waals surface area contributed by atoms with E-state index in [-0.39, 0.29) is 16.2 Å². The van der Waals surface area contributed by atoms with E-state index in [4.69, 9.17) is 16.3 Å². The molecule has 7 heteroatoms. The van der Waals surface area contributed by atoms with E-state index in [1.807, 2.05) is 0 Å². The van der Waals surface area contributed by atoms with Crippen LogP contribution in [-0.2, 0) is 10.0 Å². The van der Waals surface area contributed by atoms with Crippen LogP contribution in [0.5, 0.6) is 5.75 Å². The Morgan fingerprint density at radius 3 is 2.32 bits per heavy atom. The topological polar surface area (TPSA) is 72.5 Å². The Bertz CT molecular complexity index is 590. The first-order valence-corrected chi connectivity index (χ1v) is 7.35. The monoisotopic (exact) mass is 305 g/mol. The molecule has 0 aliphatic carbocycles. The van der Waals surface area contributed by atoms with Gasteiger partial charge in [-0.3, -0.25) is 4.79 Å². The van der Waals surface area contributed by atoms with Gasteiger partial charge in [-0.05, 0) is 50.6 Å². The third-order valence-electron chi connectivity index (χ3n) is 2.12.